The van der Waals surface area contributed by atoms with E-state index in [9.17, 15) is 4.79 Å². The zero-order valence-corrected chi connectivity index (χ0v) is 8.69. The molecule has 2 rings (SSSR count). The highest BCUT2D eigenvalue weighted by Crippen LogP contribution is 2.26. The van der Waals surface area contributed by atoms with Gasteiger partial charge in [0.05, 0.1) is 15.8 Å². The van der Waals surface area contributed by atoms with Gasteiger partial charge in [0.1, 0.15) is 5.78 Å². The summed E-state index contributed by atoms with van der Waals surface area (Å²) >= 11 is 2.22. The van der Waals surface area contributed by atoms with Gasteiger partial charge in [-0.25, -0.2) is 0 Å². The zero-order chi connectivity index (χ0) is 8.55. The van der Waals surface area contributed by atoms with Crippen molar-refractivity contribution in [2.24, 2.45) is 0 Å². The van der Waals surface area contributed by atoms with Crippen molar-refractivity contribution >= 4 is 28.4 Å². The van der Waals surface area contributed by atoms with Gasteiger partial charge >= 0.3 is 0 Å². The van der Waals surface area contributed by atoms with Crippen LogP contribution < -0.4 is 0 Å². The molecule has 0 saturated heterocycles. The normalized spacial score (nSPS) is 23.4. The van der Waals surface area contributed by atoms with Gasteiger partial charge in [0.2, 0.25) is 0 Å². The summed E-state index contributed by atoms with van der Waals surface area (Å²) in [7, 11) is 0. The maximum absolute atomic E-state index is 11.0. The molecule has 3 nitrogen and oxygen atoms in total. The van der Waals surface area contributed by atoms with Crippen molar-refractivity contribution in [2.75, 3.05) is 0 Å². The average molecular weight is 276 g/mol. The van der Waals surface area contributed by atoms with Crippen LogP contribution in [0.2, 0.25) is 0 Å². The van der Waals surface area contributed by atoms with Crippen molar-refractivity contribution in [3.8, 4) is 0 Å². The molecule has 0 radical (unpaired) electrons. The summed E-state index contributed by atoms with van der Waals surface area (Å²) in [4.78, 5) is 11.0. The Morgan fingerprint density at radius 2 is 2.50 bits per heavy atom. The van der Waals surface area contributed by atoms with Crippen LogP contribution in [0.1, 0.15) is 25.3 Å². The predicted molar refractivity (Wildman–Crippen MR) is 52.8 cm³/mol. The van der Waals surface area contributed by atoms with Crippen molar-refractivity contribution in [2.45, 2.75) is 25.3 Å². The van der Waals surface area contributed by atoms with E-state index in [1.165, 1.54) is 0 Å². The van der Waals surface area contributed by atoms with Gasteiger partial charge in [0.15, 0.2) is 0 Å². The molecule has 1 aliphatic rings. The Hall–Kier alpha value is -0.390. The second-order valence-corrected chi connectivity index (χ2v) is 4.32. The molecular formula is C8H9IN2O. The molecule has 0 aliphatic heterocycles. The molecule has 0 amide bonds. The van der Waals surface area contributed by atoms with Crippen LogP contribution in [0.5, 0.6) is 0 Å². The van der Waals surface area contributed by atoms with Crippen LogP contribution in [0.25, 0.3) is 0 Å². The fourth-order valence-electron chi connectivity index (χ4n) is 1.53. The van der Waals surface area contributed by atoms with Crippen molar-refractivity contribution in [1.82, 2.24) is 9.78 Å². The minimum absolute atomic E-state index is 0.320. The molecule has 1 unspecified atom stereocenters. The lowest BCUT2D eigenvalue weighted by molar-refractivity contribution is -0.117. The smallest absolute Gasteiger partial charge is 0.135 e. The summed E-state index contributed by atoms with van der Waals surface area (Å²) in [6, 6.07) is 0.320. The molecule has 1 saturated carbocycles. The first kappa shape index (κ1) is 8.22. The summed E-state index contributed by atoms with van der Waals surface area (Å²) in [5, 5.41) is 4.19. The molecular weight excluding hydrogens is 267 g/mol. The molecule has 0 N–H and O–H groups in total. The van der Waals surface area contributed by atoms with Gasteiger partial charge in [0.25, 0.3) is 0 Å². The van der Waals surface area contributed by atoms with Crippen LogP contribution in [0.3, 0.4) is 0 Å². The number of halogens is 1. The molecule has 4 heteroatoms. The molecule has 0 spiro atoms. The third kappa shape index (κ3) is 1.53. The number of Topliss-reactive ketones (excluding diaryl/α,β-unsaturated/α-hetero) is 1. The van der Waals surface area contributed by atoms with E-state index in [1.54, 1.807) is 0 Å². The quantitative estimate of drug-likeness (QED) is 0.733. The third-order valence-electron chi connectivity index (χ3n) is 2.16. The van der Waals surface area contributed by atoms with Crippen LogP contribution in [0.15, 0.2) is 12.4 Å². The standard InChI is InChI=1S/C8H9IN2O/c9-6-4-10-11(5-6)7-1-2-8(12)3-7/h4-5,7H,1-3H2. The summed E-state index contributed by atoms with van der Waals surface area (Å²) in [5.41, 5.74) is 0. The number of nitrogens with zero attached hydrogens (tertiary/aromatic N) is 2. The van der Waals surface area contributed by atoms with E-state index in [0.717, 1.165) is 16.4 Å². The number of rotatable bonds is 1. The van der Waals surface area contributed by atoms with E-state index in [-0.39, 0.29) is 0 Å². The lowest BCUT2D eigenvalue weighted by Gasteiger charge is -2.06. The Kier molecular flexibility index (Phi) is 2.16. The van der Waals surface area contributed by atoms with Crippen molar-refractivity contribution in [1.29, 1.82) is 0 Å². The van der Waals surface area contributed by atoms with Crippen molar-refractivity contribution < 1.29 is 4.79 Å². The molecule has 1 aromatic rings. The first-order valence-corrected chi connectivity index (χ1v) is 5.05. The van der Waals surface area contributed by atoms with Crippen LogP contribution in [0.4, 0.5) is 0 Å². The molecule has 1 atom stereocenters. The van der Waals surface area contributed by atoms with E-state index >= 15 is 0 Å². The Morgan fingerprint density at radius 1 is 1.67 bits per heavy atom. The minimum Gasteiger partial charge on any atom is -0.300 e. The van der Waals surface area contributed by atoms with Gasteiger partial charge in [-0.3, -0.25) is 9.48 Å². The highest BCUT2D eigenvalue weighted by atomic mass is 127. The fourth-order valence-corrected chi connectivity index (χ4v) is 1.94. The molecule has 1 heterocycles. The first-order chi connectivity index (χ1) is 5.75. The third-order valence-corrected chi connectivity index (χ3v) is 2.72. The van der Waals surface area contributed by atoms with Crippen LogP contribution in [-0.2, 0) is 4.79 Å². The van der Waals surface area contributed by atoms with Crippen LogP contribution in [-0.4, -0.2) is 15.6 Å². The van der Waals surface area contributed by atoms with E-state index in [2.05, 4.69) is 27.7 Å². The average Bonchev–Trinajstić information content (AvgIpc) is 2.58. The Morgan fingerprint density at radius 3 is 3.00 bits per heavy atom. The second-order valence-electron chi connectivity index (χ2n) is 3.07. The highest BCUT2D eigenvalue weighted by molar-refractivity contribution is 14.1. The van der Waals surface area contributed by atoms with Gasteiger partial charge in [-0.05, 0) is 29.0 Å². The number of aromatic nitrogens is 2. The minimum atomic E-state index is 0.320. The molecule has 64 valence electrons. The lowest BCUT2D eigenvalue weighted by atomic mass is 10.3. The van der Waals surface area contributed by atoms with E-state index in [4.69, 9.17) is 0 Å². The number of carbonyl (C=O) groups excluding carboxylic acids is 1. The number of carbonyl (C=O) groups is 1. The molecule has 1 aromatic heterocycles. The topological polar surface area (TPSA) is 34.9 Å². The van der Waals surface area contributed by atoms with Crippen molar-refractivity contribution in [3.05, 3.63) is 16.0 Å². The Balaban J connectivity index is 2.15. The Labute approximate surface area is 84.3 Å². The number of ketones is 1. The highest BCUT2D eigenvalue weighted by Gasteiger charge is 2.23. The fraction of sp³-hybridized carbons (Fsp3) is 0.500. The summed E-state index contributed by atoms with van der Waals surface area (Å²) in [6.07, 6.45) is 6.16. The largest absolute Gasteiger partial charge is 0.300 e. The SMILES string of the molecule is O=C1CCC(n2cc(I)cn2)C1. The number of hydrogen-bond donors (Lipinski definition) is 0. The predicted octanol–water partition coefficient (Wildman–Crippen LogP) is 1.78. The molecule has 1 aliphatic carbocycles. The summed E-state index contributed by atoms with van der Waals surface area (Å²) in [5.74, 6) is 0.366. The molecule has 12 heavy (non-hydrogen) atoms. The monoisotopic (exact) mass is 276 g/mol. The summed E-state index contributed by atoms with van der Waals surface area (Å²) in [6.45, 7) is 0. The van der Waals surface area contributed by atoms with Gasteiger partial charge in [0, 0.05) is 19.0 Å². The van der Waals surface area contributed by atoms with Crippen LogP contribution in [0, 0.1) is 3.57 Å². The van der Waals surface area contributed by atoms with Crippen LogP contribution >= 0.6 is 22.6 Å². The van der Waals surface area contributed by atoms with Gasteiger partial charge in [-0.1, -0.05) is 0 Å². The zero-order valence-electron chi connectivity index (χ0n) is 6.53. The maximum atomic E-state index is 11.0. The van der Waals surface area contributed by atoms with Gasteiger partial charge in [-0.2, -0.15) is 5.10 Å². The Bertz CT molecular complexity index is 308. The first-order valence-electron chi connectivity index (χ1n) is 3.97. The van der Waals surface area contributed by atoms with Crippen molar-refractivity contribution in [3.63, 3.8) is 0 Å². The maximum Gasteiger partial charge on any atom is 0.135 e. The molecule has 0 bridgehead atoms. The van der Waals surface area contributed by atoms with E-state index in [1.807, 2.05) is 17.1 Å². The van der Waals surface area contributed by atoms with E-state index < -0.39 is 0 Å². The number of hydrogen-bond acceptors (Lipinski definition) is 2. The van der Waals surface area contributed by atoms with E-state index in [0.29, 0.717) is 18.2 Å². The summed E-state index contributed by atoms with van der Waals surface area (Å²) < 4.78 is 3.04. The lowest BCUT2D eigenvalue weighted by Crippen LogP contribution is -2.05. The second kappa shape index (κ2) is 3.16. The van der Waals surface area contributed by atoms with Gasteiger partial charge in [-0.15, -0.1) is 0 Å². The molecule has 1 fully saturated rings. The molecule has 0 aromatic carbocycles. The van der Waals surface area contributed by atoms with Gasteiger partial charge < -0.3 is 0 Å².